The van der Waals surface area contributed by atoms with Crippen molar-refractivity contribution in [2.75, 3.05) is 18.0 Å². The van der Waals surface area contributed by atoms with Crippen molar-refractivity contribution in [3.05, 3.63) is 82.4 Å². The van der Waals surface area contributed by atoms with Crippen LogP contribution in [0.25, 0.3) is 27.9 Å². The Labute approximate surface area is 205 Å². The minimum atomic E-state index is -0.623. The van der Waals surface area contributed by atoms with Crippen molar-refractivity contribution in [3.8, 4) is 33.7 Å². The number of aryl methyl sites for hydroxylation is 1. The molecule has 3 heterocycles. The first-order valence-corrected chi connectivity index (χ1v) is 11.6. The number of β-amino-alcohol motifs (C(OH)–C–C–N with tert-alkyl or cyclic N) is 1. The lowest BCUT2D eigenvalue weighted by Gasteiger charge is -2.21. The second-order valence-corrected chi connectivity index (χ2v) is 9.77. The maximum Gasteiger partial charge on any atom is 0.332 e. The van der Waals surface area contributed by atoms with Crippen LogP contribution >= 0.6 is 11.6 Å². The van der Waals surface area contributed by atoms with E-state index in [1.54, 1.807) is 56.0 Å². The quantitative estimate of drug-likeness (QED) is 0.450. The molecule has 2 N–H and O–H groups in total. The molecule has 0 spiro atoms. The van der Waals surface area contributed by atoms with Crippen LogP contribution in [0.2, 0.25) is 5.02 Å². The highest BCUT2D eigenvalue weighted by atomic mass is 35.5. The van der Waals surface area contributed by atoms with Crippen LogP contribution in [0.4, 0.5) is 10.2 Å². The van der Waals surface area contributed by atoms with Crippen molar-refractivity contribution in [2.24, 2.45) is 13.0 Å². The Kier molecular flexibility index (Phi) is 4.81. The second kappa shape index (κ2) is 7.69. The van der Waals surface area contributed by atoms with E-state index in [2.05, 4.69) is 4.98 Å². The molecule has 0 bridgehead atoms. The van der Waals surface area contributed by atoms with Crippen LogP contribution in [0.3, 0.4) is 0 Å². The number of aromatic nitrogens is 3. The lowest BCUT2D eigenvalue weighted by atomic mass is 9.97. The fraction of sp³-hybridized carbons (Fsp3) is 0.231. The lowest BCUT2D eigenvalue weighted by Crippen LogP contribution is -2.27. The van der Waals surface area contributed by atoms with Crippen molar-refractivity contribution in [1.29, 1.82) is 0 Å². The van der Waals surface area contributed by atoms with E-state index in [-0.39, 0.29) is 27.9 Å². The van der Waals surface area contributed by atoms with Gasteiger partial charge in [-0.3, -0.25) is 4.57 Å². The Morgan fingerprint density at radius 3 is 2.49 bits per heavy atom. The first kappa shape index (κ1) is 21.9. The number of fused-ring (bicyclic) bond motifs is 1. The highest BCUT2D eigenvalue weighted by molar-refractivity contribution is 6.32. The average Bonchev–Trinajstić information content (AvgIpc) is 3.16. The van der Waals surface area contributed by atoms with Crippen LogP contribution in [0, 0.1) is 11.7 Å². The molecule has 2 unspecified atom stereocenters. The summed E-state index contributed by atoms with van der Waals surface area (Å²) in [5, 5.41) is 21.8. The van der Waals surface area contributed by atoms with E-state index in [1.807, 2.05) is 4.90 Å². The smallest absolute Gasteiger partial charge is 0.332 e. The third-order valence-electron chi connectivity index (χ3n) is 7.03. The number of phenolic OH excluding ortho intramolecular Hbond substituents is 1. The largest absolute Gasteiger partial charge is 0.507 e. The van der Waals surface area contributed by atoms with Gasteiger partial charge in [0.25, 0.3) is 0 Å². The van der Waals surface area contributed by atoms with Crippen LogP contribution in [-0.2, 0) is 7.05 Å². The molecule has 178 valence electrons. The summed E-state index contributed by atoms with van der Waals surface area (Å²) in [5.41, 5.74) is 1.35. The molecule has 1 aliphatic heterocycles. The highest BCUT2D eigenvalue weighted by Gasteiger charge is 2.59. The summed E-state index contributed by atoms with van der Waals surface area (Å²) < 4.78 is 17.6. The summed E-state index contributed by atoms with van der Waals surface area (Å²) >= 11 is 6.49. The molecule has 0 amide bonds. The molecule has 35 heavy (non-hydrogen) atoms. The van der Waals surface area contributed by atoms with Gasteiger partial charge in [0.15, 0.2) is 0 Å². The number of benzene rings is 2. The number of anilines is 1. The molecular formula is C26H22ClFN4O3. The molecule has 2 aromatic carbocycles. The minimum Gasteiger partial charge on any atom is -0.507 e. The van der Waals surface area contributed by atoms with Gasteiger partial charge in [0.1, 0.15) is 17.4 Å². The van der Waals surface area contributed by atoms with Gasteiger partial charge in [-0.2, -0.15) is 0 Å². The Hall–Kier alpha value is -3.62. The molecule has 2 fully saturated rings. The SMILES string of the molecule is Cn1ccn(-c2ccc(-c3cc(F)cc(-c4ccnc(N5CC6CC6(O)C5)c4)c3O)cc2Cl)c1=O. The number of imidazole rings is 1. The first-order chi connectivity index (χ1) is 16.7. The van der Waals surface area contributed by atoms with Crippen LogP contribution in [0.15, 0.2) is 65.8 Å². The number of phenols is 1. The Morgan fingerprint density at radius 2 is 1.86 bits per heavy atom. The molecule has 6 rings (SSSR count). The van der Waals surface area contributed by atoms with Crippen molar-refractivity contribution in [1.82, 2.24) is 14.1 Å². The van der Waals surface area contributed by atoms with Crippen molar-refractivity contribution in [3.63, 3.8) is 0 Å². The van der Waals surface area contributed by atoms with Crippen LogP contribution < -0.4 is 10.6 Å². The lowest BCUT2D eigenvalue weighted by molar-refractivity contribution is 0.158. The summed E-state index contributed by atoms with van der Waals surface area (Å²) in [6.45, 7) is 1.24. The Morgan fingerprint density at radius 1 is 1.11 bits per heavy atom. The van der Waals surface area contributed by atoms with E-state index < -0.39 is 11.4 Å². The fourth-order valence-electron chi connectivity index (χ4n) is 4.95. The molecule has 2 aromatic heterocycles. The standard InChI is InChI=1S/C26H22ClFN4O3/c1-30-6-7-32(25(30)34)22-3-2-15(8-21(22)27)19-10-18(28)11-20(24(19)33)16-4-5-29-23(9-16)31-13-17-12-26(17,35)14-31/h2-11,17,33,35H,12-14H2,1H3. The number of hydrogen-bond donors (Lipinski definition) is 2. The molecule has 0 radical (unpaired) electrons. The van der Waals surface area contributed by atoms with Gasteiger partial charge in [-0.1, -0.05) is 17.7 Å². The Balaban J connectivity index is 1.38. The number of pyridine rings is 1. The van der Waals surface area contributed by atoms with Gasteiger partial charge >= 0.3 is 5.69 Å². The number of aliphatic hydroxyl groups is 1. The summed E-state index contributed by atoms with van der Waals surface area (Å²) in [7, 11) is 1.65. The molecule has 7 nitrogen and oxygen atoms in total. The number of halogens is 2. The van der Waals surface area contributed by atoms with E-state index in [9.17, 15) is 19.4 Å². The van der Waals surface area contributed by atoms with E-state index in [4.69, 9.17) is 11.6 Å². The highest BCUT2D eigenvalue weighted by Crippen LogP contribution is 2.50. The Bertz CT molecular complexity index is 1550. The number of aromatic hydroxyl groups is 1. The van der Waals surface area contributed by atoms with Gasteiger partial charge in [0.2, 0.25) is 0 Å². The number of piperidine rings is 1. The number of rotatable bonds is 4. The third kappa shape index (κ3) is 3.61. The second-order valence-electron chi connectivity index (χ2n) is 9.37. The zero-order valence-corrected chi connectivity index (χ0v) is 19.6. The van der Waals surface area contributed by atoms with E-state index in [0.717, 1.165) is 13.0 Å². The van der Waals surface area contributed by atoms with Gasteiger partial charge in [0, 0.05) is 55.8 Å². The van der Waals surface area contributed by atoms with E-state index in [0.29, 0.717) is 34.7 Å². The van der Waals surface area contributed by atoms with Crippen molar-refractivity contribution in [2.45, 2.75) is 12.0 Å². The van der Waals surface area contributed by atoms with Gasteiger partial charge in [0.05, 0.1) is 16.3 Å². The minimum absolute atomic E-state index is 0.0906. The molecular weight excluding hydrogens is 471 g/mol. The van der Waals surface area contributed by atoms with Crippen molar-refractivity contribution < 1.29 is 14.6 Å². The maximum absolute atomic E-state index is 14.7. The van der Waals surface area contributed by atoms with Gasteiger partial charge in [-0.25, -0.2) is 14.2 Å². The normalized spacial score (nSPS) is 20.8. The summed E-state index contributed by atoms with van der Waals surface area (Å²) in [6.07, 6.45) is 5.68. The average molecular weight is 493 g/mol. The molecule has 1 aliphatic carbocycles. The van der Waals surface area contributed by atoms with Gasteiger partial charge < -0.3 is 19.7 Å². The molecule has 2 aliphatic rings. The zero-order valence-electron chi connectivity index (χ0n) is 18.8. The molecule has 1 saturated heterocycles. The van der Waals surface area contributed by atoms with Gasteiger partial charge in [-0.05, 0) is 53.9 Å². The first-order valence-electron chi connectivity index (χ1n) is 11.2. The summed E-state index contributed by atoms with van der Waals surface area (Å²) in [4.78, 5) is 18.7. The van der Waals surface area contributed by atoms with Gasteiger partial charge in [-0.15, -0.1) is 0 Å². The van der Waals surface area contributed by atoms with Crippen LogP contribution in [-0.4, -0.2) is 43.0 Å². The summed E-state index contributed by atoms with van der Waals surface area (Å²) in [5.74, 6) is 0.338. The van der Waals surface area contributed by atoms with Crippen molar-refractivity contribution >= 4 is 17.4 Å². The van der Waals surface area contributed by atoms with Crippen LogP contribution in [0.5, 0.6) is 5.75 Å². The molecule has 9 heteroatoms. The number of hydrogen-bond acceptors (Lipinski definition) is 5. The van der Waals surface area contributed by atoms with E-state index in [1.165, 1.54) is 21.3 Å². The predicted molar refractivity (Wildman–Crippen MR) is 132 cm³/mol. The maximum atomic E-state index is 14.7. The topological polar surface area (TPSA) is 83.5 Å². The monoisotopic (exact) mass is 492 g/mol. The molecule has 4 aromatic rings. The predicted octanol–water partition coefficient (Wildman–Crippen LogP) is 3.97. The zero-order chi connectivity index (χ0) is 24.5. The van der Waals surface area contributed by atoms with Crippen LogP contribution in [0.1, 0.15) is 6.42 Å². The van der Waals surface area contributed by atoms with E-state index >= 15 is 0 Å². The number of nitrogens with zero attached hydrogens (tertiary/aromatic N) is 4. The molecule has 1 saturated carbocycles. The fourth-order valence-corrected chi connectivity index (χ4v) is 5.22. The summed E-state index contributed by atoms with van der Waals surface area (Å²) in [6, 6.07) is 11.0. The third-order valence-corrected chi connectivity index (χ3v) is 7.33. The molecule has 2 atom stereocenters.